The molecule has 5 heteroatoms. The molecule has 4 nitrogen and oxygen atoms in total. The van der Waals surface area contributed by atoms with Crippen LogP contribution in [0.15, 0.2) is 0 Å². The van der Waals surface area contributed by atoms with Crippen molar-refractivity contribution in [2.75, 3.05) is 32.8 Å². The standard InChI is InChI=1S/C14H28N2O2.ClH/c1-3-4-5-10-18-11-13(17)16-12-14(2)6-8-15-9-7-14;/h15H,3-12H2,1-2H3,(H,16,17);1H. The van der Waals surface area contributed by atoms with Crippen LogP contribution in [0, 0.1) is 5.41 Å². The molecular formula is C14H29ClN2O2. The number of hydrogen-bond donors (Lipinski definition) is 2. The summed E-state index contributed by atoms with van der Waals surface area (Å²) in [5.41, 5.74) is 0.253. The van der Waals surface area contributed by atoms with Gasteiger partial charge in [-0.1, -0.05) is 26.7 Å². The van der Waals surface area contributed by atoms with E-state index in [9.17, 15) is 4.79 Å². The molecule has 1 fully saturated rings. The summed E-state index contributed by atoms with van der Waals surface area (Å²) in [7, 11) is 0. The number of carbonyl (C=O) groups excluding carboxylic acids is 1. The van der Waals surface area contributed by atoms with Crippen LogP contribution < -0.4 is 10.6 Å². The minimum Gasteiger partial charge on any atom is -0.372 e. The number of hydrogen-bond acceptors (Lipinski definition) is 3. The van der Waals surface area contributed by atoms with Gasteiger partial charge in [0.25, 0.3) is 0 Å². The Kier molecular flexibility index (Phi) is 10.3. The van der Waals surface area contributed by atoms with Crippen LogP contribution in [0.5, 0.6) is 0 Å². The lowest BCUT2D eigenvalue weighted by Gasteiger charge is -2.34. The maximum atomic E-state index is 11.6. The Morgan fingerprint density at radius 1 is 1.32 bits per heavy atom. The molecule has 1 amide bonds. The molecule has 1 rings (SSSR count). The number of unbranched alkanes of at least 4 members (excludes halogenated alkanes) is 2. The summed E-state index contributed by atoms with van der Waals surface area (Å²) in [5.74, 6) is 0.0197. The van der Waals surface area contributed by atoms with E-state index in [4.69, 9.17) is 4.74 Å². The van der Waals surface area contributed by atoms with E-state index in [0.29, 0.717) is 6.61 Å². The average molecular weight is 293 g/mol. The van der Waals surface area contributed by atoms with Gasteiger partial charge in [-0.05, 0) is 37.8 Å². The van der Waals surface area contributed by atoms with Crippen molar-refractivity contribution in [3.8, 4) is 0 Å². The predicted octanol–water partition coefficient (Wildman–Crippen LogP) is 2.12. The van der Waals surface area contributed by atoms with Gasteiger partial charge in [-0.2, -0.15) is 0 Å². The lowest BCUT2D eigenvalue weighted by atomic mass is 9.81. The second kappa shape index (κ2) is 10.5. The fourth-order valence-corrected chi connectivity index (χ4v) is 2.19. The molecule has 1 aliphatic rings. The lowest BCUT2D eigenvalue weighted by molar-refractivity contribution is -0.126. The molecular weight excluding hydrogens is 264 g/mol. The summed E-state index contributed by atoms with van der Waals surface area (Å²) in [6.45, 7) is 8.19. The lowest BCUT2D eigenvalue weighted by Crippen LogP contribution is -2.43. The molecule has 0 aromatic carbocycles. The van der Waals surface area contributed by atoms with Gasteiger partial charge >= 0.3 is 0 Å². The number of ether oxygens (including phenoxy) is 1. The van der Waals surface area contributed by atoms with Gasteiger partial charge < -0.3 is 15.4 Å². The molecule has 1 heterocycles. The molecule has 0 atom stereocenters. The van der Waals surface area contributed by atoms with Gasteiger partial charge in [-0.3, -0.25) is 4.79 Å². The molecule has 0 bridgehead atoms. The highest BCUT2D eigenvalue weighted by molar-refractivity contribution is 5.85. The second-order valence-electron chi connectivity index (χ2n) is 5.60. The Morgan fingerprint density at radius 3 is 2.63 bits per heavy atom. The summed E-state index contributed by atoms with van der Waals surface area (Å²) in [5, 5.41) is 6.34. The highest BCUT2D eigenvalue weighted by atomic mass is 35.5. The van der Waals surface area contributed by atoms with Gasteiger partial charge in [0.2, 0.25) is 5.91 Å². The maximum Gasteiger partial charge on any atom is 0.246 e. The predicted molar refractivity (Wildman–Crippen MR) is 80.8 cm³/mol. The van der Waals surface area contributed by atoms with Gasteiger partial charge in [0.1, 0.15) is 6.61 Å². The number of nitrogens with one attached hydrogen (secondary N) is 2. The highest BCUT2D eigenvalue weighted by Crippen LogP contribution is 2.26. The minimum absolute atomic E-state index is 0. The molecule has 0 saturated carbocycles. The third-order valence-corrected chi connectivity index (χ3v) is 3.65. The average Bonchev–Trinajstić information content (AvgIpc) is 2.37. The number of piperidine rings is 1. The van der Waals surface area contributed by atoms with Crippen molar-refractivity contribution in [1.82, 2.24) is 10.6 Å². The summed E-state index contributed by atoms with van der Waals surface area (Å²) in [6, 6.07) is 0. The van der Waals surface area contributed by atoms with E-state index < -0.39 is 0 Å². The topological polar surface area (TPSA) is 50.4 Å². The first-order chi connectivity index (χ1) is 8.66. The summed E-state index contributed by atoms with van der Waals surface area (Å²) in [4.78, 5) is 11.6. The molecule has 1 saturated heterocycles. The minimum atomic E-state index is 0. The van der Waals surface area contributed by atoms with Gasteiger partial charge in [-0.15, -0.1) is 12.4 Å². The Balaban J connectivity index is 0.00000324. The zero-order valence-corrected chi connectivity index (χ0v) is 13.1. The van der Waals surface area contributed by atoms with Crippen molar-refractivity contribution in [2.24, 2.45) is 5.41 Å². The summed E-state index contributed by atoms with van der Waals surface area (Å²) < 4.78 is 5.35. The van der Waals surface area contributed by atoms with Crippen LogP contribution in [0.25, 0.3) is 0 Å². The molecule has 0 aliphatic carbocycles. The fourth-order valence-electron chi connectivity index (χ4n) is 2.19. The van der Waals surface area contributed by atoms with Crippen molar-refractivity contribution in [2.45, 2.75) is 46.0 Å². The number of rotatable bonds is 8. The number of carbonyl (C=O) groups is 1. The van der Waals surface area contributed by atoms with Crippen molar-refractivity contribution >= 4 is 18.3 Å². The van der Waals surface area contributed by atoms with E-state index >= 15 is 0 Å². The summed E-state index contributed by atoms with van der Waals surface area (Å²) in [6.07, 6.45) is 5.66. The molecule has 0 aromatic heterocycles. The van der Waals surface area contributed by atoms with E-state index in [-0.39, 0.29) is 30.3 Å². The zero-order valence-electron chi connectivity index (χ0n) is 12.3. The number of halogens is 1. The normalized spacial score (nSPS) is 17.6. The van der Waals surface area contributed by atoms with Gasteiger partial charge in [0.15, 0.2) is 0 Å². The Labute approximate surface area is 123 Å². The van der Waals surface area contributed by atoms with Crippen LogP contribution in [0.3, 0.4) is 0 Å². The Morgan fingerprint density at radius 2 is 2.00 bits per heavy atom. The SMILES string of the molecule is CCCCCOCC(=O)NCC1(C)CCNCC1.Cl. The van der Waals surface area contributed by atoms with Gasteiger partial charge in [-0.25, -0.2) is 0 Å². The molecule has 1 aliphatic heterocycles. The van der Waals surface area contributed by atoms with Crippen molar-refractivity contribution < 1.29 is 9.53 Å². The van der Waals surface area contributed by atoms with E-state index in [0.717, 1.165) is 38.9 Å². The highest BCUT2D eigenvalue weighted by Gasteiger charge is 2.26. The summed E-state index contributed by atoms with van der Waals surface area (Å²) >= 11 is 0. The van der Waals surface area contributed by atoms with Gasteiger partial charge in [0.05, 0.1) is 0 Å². The quantitative estimate of drug-likeness (QED) is 0.674. The van der Waals surface area contributed by atoms with Crippen LogP contribution in [-0.4, -0.2) is 38.8 Å². The van der Waals surface area contributed by atoms with Gasteiger partial charge in [0, 0.05) is 13.2 Å². The maximum absolute atomic E-state index is 11.6. The third kappa shape index (κ3) is 8.45. The monoisotopic (exact) mass is 292 g/mol. The van der Waals surface area contributed by atoms with Crippen LogP contribution in [-0.2, 0) is 9.53 Å². The van der Waals surface area contributed by atoms with E-state index in [2.05, 4.69) is 24.5 Å². The molecule has 0 spiro atoms. The largest absolute Gasteiger partial charge is 0.372 e. The fraction of sp³-hybridized carbons (Fsp3) is 0.929. The first-order valence-electron chi connectivity index (χ1n) is 7.21. The van der Waals surface area contributed by atoms with Crippen LogP contribution >= 0.6 is 12.4 Å². The molecule has 2 N–H and O–H groups in total. The van der Waals surface area contributed by atoms with E-state index in [1.54, 1.807) is 0 Å². The van der Waals surface area contributed by atoms with Crippen molar-refractivity contribution in [3.05, 3.63) is 0 Å². The van der Waals surface area contributed by atoms with Crippen molar-refractivity contribution in [3.63, 3.8) is 0 Å². The number of amides is 1. The van der Waals surface area contributed by atoms with Crippen molar-refractivity contribution in [1.29, 1.82) is 0 Å². The van der Waals surface area contributed by atoms with Crippen LogP contribution in [0.2, 0.25) is 0 Å². The van der Waals surface area contributed by atoms with Crippen LogP contribution in [0.4, 0.5) is 0 Å². The molecule has 19 heavy (non-hydrogen) atoms. The Bertz CT molecular complexity index is 244. The smallest absolute Gasteiger partial charge is 0.246 e. The molecule has 114 valence electrons. The van der Waals surface area contributed by atoms with E-state index in [1.807, 2.05) is 0 Å². The zero-order chi connectivity index (χ0) is 13.3. The molecule has 0 radical (unpaired) electrons. The first kappa shape index (κ1) is 18.7. The second-order valence-corrected chi connectivity index (χ2v) is 5.60. The van der Waals surface area contributed by atoms with E-state index in [1.165, 1.54) is 12.8 Å². The van der Waals surface area contributed by atoms with Crippen LogP contribution in [0.1, 0.15) is 46.0 Å². The first-order valence-corrected chi connectivity index (χ1v) is 7.21. The molecule has 0 aromatic rings. The Hall–Kier alpha value is -0.320. The molecule has 0 unspecified atom stereocenters. The third-order valence-electron chi connectivity index (χ3n) is 3.65.